The number of carbonyl (C=O) groups is 2. The smallest absolute Gasteiger partial charge is 0.321 e. The molecule has 2 aliphatic carbocycles. The van der Waals surface area contributed by atoms with Crippen LogP contribution in [0.4, 0.5) is 21.0 Å². The summed E-state index contributed by atoms with van der Waals surface area (Å²) < 4.78 is 6.39. The predicted octanol–water partition coefficient (Wildman–Crippen LogP) is 5.57. The maximum atomic E-state index is 13.0. The van der Waals surface area contributed by atoms with E-state index < -0.39 is 0 Å². The number of ether oxygens (including phenoxy) is 1. The summed E-state index contributed by atoms with van der Waals surface area (Å²) in [6.07, 6.45) is 3.81. The fourth-order valence-corrected chi connectivity index (χ4v) is 5.73. The molecule has 0 aliphatic heterocycles. The Bertz CT molecular complexity index is 998. The number of nitrogens with zero attached hydrogens (tertiary/aromatic N) is 1. The molecule has 0 radical (unpaired) electrons. The molecule has 3 atom stereocenters. The van der Waals surface area contributed by atoms with Gasteiger partial charge in [-0.1, -0.05) is 57.2 Å². The molecule has 0 spiro atoms. The van der Waals surface area contributed by atoms with E-state index in [4.69, 9.17) is 4.74 Å². The van der Waals surface area contributed by atoms with Crippen molar-refractivity contribution in [2.45, 2.75) is 46.1 Å². The van der Waals surface area contributed by atoms with Gasteiger partial charge >= 0.3 is 12.1 Å². The van der Waals surface area contributed by atoms with Gasteiger partial charge in [0.2, 0.25) is 0 Å². The van der Waals surface area contributed by atoms with E-state index >= 15 is 0 Å². The first-order valence-electron chi connectivity index (χ1n) is 12.6. The lowest BCUT2D eigenvalue weighted by atomic mass is 9.70. The van der Waals surface area contributed by atoms with Crippen LogP contribution in [0.25, 0.3) is 0 Å². The Morgan fingerprint density at radius 1 is 0.943 bits per heavy atom. The van der Waals surface area contributed by atoms with Crippen LogP contribution in [0.2, 0.25) is 0 Å². The molecule has 0 heterocycles. The molecule has 7 heteroatoms. The third kappa shape index (κ3) is 5.61. The Balaban J connectivity index is 1.30. The van der Waals surface area contributed by atoms with Crippen LogP contribution in [-0.2, 0) is 4.74 Å². The summed E-state index contributed by atoms with van der Waals surface area (Å²) in [5.74, 6) is 0.710. The summed E-state index contributed by atoms with van der Waals surface area (Å²) in [7, 11) is 0. The third-order valence-electron chi connectivity index (χ3n) is 8.41. The van der Waals surface area contributed by atoms with Crippen molar-refractivity contribution in [3.8, 4) is 0 Å². The molecule has 2 aromatic carbocycles. The Labute approximate surface area is 208 Å². The van der Waals surface area contributed by atoms with Crippen molar-refractivity contribution in [2.24, 2.45) is 16.7 Å². The minimum atomic E-state index is -0.298. The number of urea groups is 2. The van der Waals surface area contributed by atoms with Gasteiger partial charge in [0.05, 0.1) is 12.7 Å². The van der Waals surface area contributed by atoms with Crippen LogP contribution in [0.1, 0.15) is 40.0 Å². The van der Waals surface area contributed by atoms with E-state index in [9.17, 15) is 9.59 Å². The first-order chi connectivity index (χ1) is 16.8. The van der Waals surface area contributed by atoms with Crippen molar-refractivity contribution in [1.29, 1.82) is 0 Å². The number of rotatable bonds is 9. The molecule has 0 unspecified atom stereocenters. The van der Waals surface area contributed by atoms with Crippen molar-refractivity contribution in [3.05, 3.63) is 60.7 Å². The SMILES string of the molecule is CC1(C)[C@H]2CC[C@]1(C)[C@H](OCCN(CCNC(=O)Nc1ccccc1)C(=O)Nc1ccccc1)C2. The molecular formula is C28H38N4O3. The van der Waals surface area contributed by atoms with Crippen LogP contribution in [0, 0.1) is 16.7 Å². The minimum Gasteiger partial charge on any atom is -0.376 e. The maximum absolute atomic E-state index is 13.0. The van der Waals surface area contributed by atoms with E-state index in [1.54, 1.807) is 4.90 Å². The number of hydrogen-bond acceptors (Lipinski definition) is 3. The highest BCUT2D eigenvalue weighted by molar-refractivity contribution is 5.90. The normalized spacial score (nSPS) is 24.1. The molecule has 3 N–H and O–H groups in total. The van der Waals surface area contributed by atoms with Gasteiger partial charge in [-0.2, -0.15) is 0 Å². The average Bonchev–Trinajstić information content (AvgIpc) is 3.18. The van der Waals surface area contributed by atoms with E-state index in [-0.39, 0.29) is 29.0 Å². The first kappa shape index (κ1) is 25.0. The molecule has 2 bridgehead atoms. The largest absolute Gasteiger partial charge is 0.376 e. The van der Waals surface area contributed by atoms with E-state index in [1.807, 2.05) is 60.7 Å². The topological polar surface area (TPSA) is 82.7 Å². The highest BCUT2D eigenvalue weighted by Crippen LogP contribution is 2.66. The number of fused-ring (bicyclic) bond motifs is 2. The molecule has 2 saturated carbocycles. The molecule has 35 heavy (non-hydrogen) atoms. The summed E-state index contributed by atoms with van der Waals surface area (Å²) in [6.45, 7) is 8.75. The van der Waals surface area contributed by atoms with Crippen molar-refractivity contribution in [1.82, 2.24) is 10.2 Å². The van der Waals surface area contributed by atoms with Gasteiger partial charge in [-0.15, -0.1) is 0 Å². The zero-order chi connectivity index (χ0) is 24.9. The zero-order valence-corrected chi connectivity index (χ0v) is 21.0. The van der Waals surface area contributed by atoms with Crippen LogP contribution in [0.3, 0.4) is 0 Å². The number of nitrogens with one attached hydrogen (secondary N) is 3. The molecule has 4 amide bonds. The quantitative estimate of drug-likeness (QED) is 0.440. The lowest BCUT2D eigenvalue weighted by Crippen LogP contribution is -2.44. The summed E-state index contributed by atoms with van der Waals surface area (Å²) in [5.41, 5.74) is 1.93. The molecule has 7 nitrogen and oxygen atoms in total. The van der Waals surface area contributed by atoms with Gasteiger partial charge in [0.1, 0.15) is 0 Å². The lowest BCUT2D eigenvalue weighted by Gasteiger charge is -2.39. The average molecular weight is 479 g/mol. The second-order valence-electron chi connectivity index (χ2n) is 10.5. The first-order valence-corrected chi connectivity index (χ1v) is 12.6. The number of carbonyl (C=O) groups excluding carboxylic acids is 2. The van der Waals surface area contributed by atoms with Gasteiger partial charge in [0, 0.05) is 31.0 Å². The third-order valence-corrected chi connectivity index (χ3v) is 8.41. The second kappa shape index (κ2) is 10.7. The van der Waals surface area contributed by atoms with E-state index in [1.165, 1.54) is 12.8 Å². The van der Waals surface area contributed by atoms with Gasteiger partial charge in [0.15, 0.2) is 0 Å². The fourth-order valence-electron chi connectivity index (χ4n) is 5.73. The standard InChI is InChI=1S/C28H38N4O3/c1-27(2)21-14-15-28(27,3)24(20-21)35-19-18-32(26(34)31-23-12-8-5-9-13-23)17-16-29-25(33)30-22-10-6-4-7-11-22/h4-13,21,24H,14-20H2,1-3H3,(H,31,34)(H2,29,30,33)/t21-,24+,28+/m0/s1. The Kier molecular flexibility index (Phi) is 7.65. The Hall–Kier alpha value is -3.06. The van der Waals surface area contributed by atoms with Gasteiger partial charge in [-0.05, 0) is 60.3 Å². The number of amides is 4. The number of hydrogen-bond donors (Lipinski definition) is 3. The zero-order valence-electron chi connectivity index (χ0n) is 21.0. The van der Waals surface area contributed by atoms with Crippen molar-refractivity contribution in [3.63, 3.8) is 0 Å². The van der Waals surface area contributed by atoms with Crippen LogP contribution < -0.4 is 16.0 Å². The van der Waals surface area contributed by atoms with Gasteiger partial charge in [0.25, 0.3) is 0 Å². The Morgan fingerprint density at radius 2 is 1.57 bits per heavy atom. The van der Waals surface area contributed by atoms with Crippen molar-refractivity contribution >= 4 is 23.4 Å². The van der Waals surface area contributed by atoms with Gasteiger partial charge < -0.3 is 25.6 Å². The number of para-hydroxylation sites is 2. The summed E-state index contributed by atoms with van der Waals surface area (Å²) in [4.78, 5) is 27.0. The summed E-state index contributed by atoms with van der Waals surface area (Å²) in [5, 5.41) is 8.59. The molecule has 188 valence electrons. The van der Waals surface area contributed by atoms with Crippen LogP contribution >= 0.6 is 0 Å². The lowest BCUT2D eigenvalue weighted by molar-refractivity contribution is -0.0494. The van der Waals surface area contributed by atoms with E-state index in [2.05, 4.69) is 36.7 Å². The molecule has 2 aliphatic rings. The molecule has 0 saturated heterocycles. The summed E-state index contributed by atoms with van der Waals surface area (Å²) in [6, 6.07) is 18.2. The Morgan fingerprint density at radius 3 is 2.14 bits per heavy atom. The molecule has 4 rings (SSSR count). The molecule has 2 aromatic rings. The molecule has 0 aromatic heterocycles. The maximum Gasteiger partial charge on any atom is 0.321 e. The minimum absolute atomic E-state index is 0.186. The number of anilines is 2. The van der Waals surface area contributed by atoms with Crippen molar-refractivity contribution in [2.75, 3.05) is 36.9 Å². The highest BCUT2D eigenvalue weighted by atomic mass is 16.5. The van der Waals surface area contributed by atoms with Crippen molar-refractivity contribution < 1.29 is 14.3 Å². The van der Waals surface area contributed by atoms with E-state index in [0.29, 0.717) is 32.2 Å². The monoisotopic (exact) mass is 478 g/mol. The fraction of sp³-hybridized carbons (Fsp3) is 0.500. The van der Waals surface area contributed by atoms with Gasteiger partial charge in [-0.25, -0.2) is 9.59 Å². The van der Waals surface area contributed by atoms with Crippen LogP contribution in [0.5, 0.6) is 0 Å². The predicted molar refractivity (Wildman–Crippen MR) is 139 cm³/mol. The summed E-state index contributed by atoms with van der Waals surface area (Å²) >= 11 is 0. The second-order valence-corrected chi connectivity index (χ2v) is 10.5. The van der Waals surface area contributed by atoms with Crippen LogP contribution in [-0.4, -0.2) is 49.3 Å². The number of benzene rings is 2. The van der Waals surface area contributed by atoms with E-state index in [0.717, 1.165) is 17.8 Å². The highest BCUT2D eigenvalue weighted by Gasteiger charge is 2.61. The molecule has 2 fully saturated rings. The van der Waals surface area contributed by atoms with Crippen LogP contribution in [0.15, 0.2) is 60.7 Å². The molecular weight excluding hydrogens is 440 g/mol. The van der Waals surface area contributed by atoms with Gasteiger partial charge in [-0.3, -0.25) is 0 Å².